The largest absolute Gasteiger partial charge is 0.305 e. The third-order valence-electron chi connectivity index (χ3n) is 3.88. The van der Waals surface area contributed by atoms with Gasteiger partial charge in [0.05, 0.1) is 18.2 Å². The van der Waals surface area contributed by atoms with E-state index in [-0.39, 0.29) is 24.1 Å². The van der Waals surface area contributed by atoms with E-state index in [2.05, 4.69) is 5.32 Å². The van der Waals surface area contributed by atoms with E-state index in [4.69, 9.17) is 0 Å². The number of hydrogen-bond donors (Lipinski definition) is 1. The van der Waals surface area contributed by atoms with Crippen molar-refractivity contribution in [1.29, 1.82) is 0 Å². The number of amides is 2. The first-order chi connectivity index (χ1) is 11.1. The van der Waals surface area contributed by atoms with Crippen LogP contribution in [0.15, 0.2) is 54.6 Å². The predicted molar refractivity (Wildman–Crippen MR) is 85.4 cm³/mol. The molecule has 2 aromatic carbocycles. The van der Waals surface area contributed by atoms with Crippen LogP contribution in [-0.2, 0) is 16.0 Å². The van der Waals surface area contributed by atoms with Crippen LogP contribution in [0.25, 0.3) is 0 Å². The van der Waals surface area contributed by atoms with Crippen LogP contribution in [0, 0.1) is 5.82 Å². The van der Waals surface area contributed by atoms with E-state index >= 15 is 0 Å². The average Bonchev–Trinajstić information content (AvgIpc) is 2.84. The fourth-order valence-electron chi connectivity index (χ4n) is 2.68. The summed E-state index contributed by atoms with van der Waals surface area (Å²) in [6.07, 6.45) is 0.834. The number of nitrogens with one attached hydrogen (secondary N) is 1. The summed E-state index contributed by atoms with van der Waals surface area (Å²) in [6, 6.07) is 14.7. The summed E-state index contributed by atoms with van der Waals surface area (Å²) in [5.74, 6) is -0.683. The van der Waals surface area contributed by atoms with Gasteiger partial charge in [0.15, 0.2) is 0 Å². The third kappa shape index (κ3) is 3.46. The van der Waals surface area contributed by atoms with Crippen molar-refractivity contribution in [3.05, 3.63) is 66.0 Å². The predicted octanol–water partition coefficient (Wildman–Crippen LogP) is 2.29. The molecular formula is C18H17FN2O2. The van der Waals surface area contributed by atoms with Crippen LogP contribution in [0.5, 0.6) is 0 Å². The van der Waals surface area contributed by atoms with E-state index in [1.165, 1.54) is 17.0 Å². The van der Waals surface area contributed by atoms with Crippen LogP contribution in [-0.4, -0.2) is 24.4 Å². The quantitative estimate of drug-likeness (QED) is 0.862. The molecule has 0 spiro atoms. The fraction of sp³-hybridized carbons (Fsp3) is 0.222. The van der Waals surface area contributed by atoms with Gasteiger partial charge in [-0.25, -0.2) is 9.29 Å². The molecule has 1 aliphatic rings. The number of halogens is 1. The first-order valence-electron chi connectivity index (χ1n) is 7.55. The number of carbonyl (C=O) groups is 2. The summed E-state index contributed by atoms with van der Waals surface area (Å²) in [4.78, 5) is 25.7. The fourth-order valence-corrected chi connectivity index (χ4v) is 2.68. The Hall–Kier alpha value is -2.53. The van der Waals surface area contributed by atoms with Gasteiger partial charge in [-0.15, -0.1) is 0 Å². The minimum absolute atomic E-state index is 0.164. The molecule has 0 aliphatic carbocycles. The number of hydrogen-bond acceptors (Lipinski definition) is 3. The van der Waals surface area contributed by atoms with Crippen LogP contribution < -0.4 is 10.2 Å². The van der Waals surface area contributed by atoms with Gasteiger partial charge in [-0.2, -0.15) is 0 Å². The number of carbonyl (C=O) groups excluding carboxylic acids is 2. The summed E-state index contributed by atoms with van der Waals surface area (Å²) in [6.45, 7) is 0.554. The molecule has 0 unspecified atom stereocenters. The summed E-state index contributed by atoms with van der Waals surface area (Å²) in [7, 11) is 0. The Balaban J connectivity index is 1.58. The van der Waals surface area contributed by atoms with Gasteiger partial charge in [0.2, 0.25) is 5.91 Å². The summed E-state index contributed by atoms with van der Waals surface area (Å²) < 4.78 is 12.8. The van der Waals surface area contributed by atoms with Gasteiger partial charge >= 0.3 is 0 Å². The minimum atomic E-state index is -0.497. The van der Waals surface area contributed by atoms with Crippen LogP contribution >= 0.6 is 0 Å². The highest BCUT2D eigenvalue weighted by Gasteiger charge is 2.38. The SMILES string of the molecule is O=C1C[C@@H](NCCc2ccc(F)cc2)C(=O)N1c1ccccc1. The van der Waals surface area contributed by atoms with Gasteiger partial charge in [-0.3, -0.25) is 9.59 Å². The zero-order valence-corrected chi connectivity index (χ0v) is 12.5. The molecule has 2 amide bonds. The van der Waals surface area contributed by atoms with Crippen molar-refractivity contribution in [2.75, 3.05) is 11.4 Å². The molecule has 0 radical (unpaired) electrons. The van der Waals surface area contributed by atoms with Crippen molar-refractivity contribution >= 4 is 17.5 Å². The van der Waals surface area contributed by atoms with Crippen LogP contribution in [0.1, 0.15) is 12.0 Å². The monoisotopic (exact) mass is 312 g/mol. The van der Waals surface area contributed by atoms with Crippen molar-refractivity contribution < 1.29 is 14.0 Å². The molecule has 5 heteroatoms. The Labute approximate surface area is 133 Å². The minimum Gasteiger partial charge on any atom is -0.305 e. The molecule has 4 nitrogen and oxygen atoms in total. The van der Waals surface area contributed by atoms with Crippen LogP contribution in [0.3, 0.4) is 0 Å². The standard InChI is InChI=1S/C18H17FN2O2/c19-14-8-6-13(7-9-14)10-11-20-16-12-17(22)21(18(16)23)15-4-2-1-3-5-15/h1-9,16,20H,10-12H2/t16-/m1/s1. The molecule has 0 aromatic heterocycles. The Morgan fingerprint density at radius 1 is 1.04 bits per heavy atom. The van der Waals surface area contributed by atoms with E-state index in [1.807, 2.05) is 6.07 Å². The van der Waals surface area contributed by atoms with E-state index in [1.54, 1.807) is 36.4 Å². The molecule has 1 aliphatic heterocycles. The molecule has 1 N–H and O–H groups in total. The van der Waals surface area contributed by atoms with Gasteiger partial charge in [-0.05, 0) is 42.8 Å². The molecule has 23 heavy (non-hydrogen) atoms. The van der Waals surface area contributed by atoms with Crippen LogP contribution in [0.2, 0.25) is 0 Å². The van der Waals surface area contributed by atoms with E-state index in [9.17, 15) is 14.0 Å². The second kappa shape index (κ2) is 6.71. The molecule has 0 bridgehead atoms. The van der Waals surface area contributed by atoms with E-state index < -0.39 is 6.04 Å². The van der Waals surface area contributed by atoms with E-state index in [0.29, 0.717) is 18.7 Å². The maximum atomic E-state index is 12.8. The Morgan fingerprint density at radius 3 is 2.43 bits per heavy atom. The highest BCUT2D eigenvalue weighted by molar-refractivity contribution is 6.22. The zero-order valence-electron chi connectivity index (χ0n) is 12.5. The lowest BCUT2D eigenvalue weighted by atomic mass is 10.1. The first-order valence-corrected chi connectivity index (χ1v) is 7.55. The Morgan fingerprint density at radius 2 is 1.74 bits per heavy atom. The summed E-state index contributed by atoms with van der Waals surface area (Å²) in [5, 5.41) is 3.12. The molecule has 3 rings (SSSR count). The highest BCUT2D eigenvalue weighted by Crippen LogP contribution is 2.22. The summed E-state index contributed by atoms with van der Waals surface area (Å²) >= 11 is 0. The molecule has 118 valence electrons. The highest BCUT2D eigenvalue weighted by atomic mass is 19.1. The lowest BCUT2D eigenvalue weighted by Crippen LogP contribution is -2.39. The molecule has 2 aromatic rings. The molecule has 0 saturated carbocycles. The number of para-hydroxylation sites is 1. The van der Waals surface area contributed by atoms with Gasteiger partial charge < -0.3 is 5.32 Å². The number of nitrogens with zero attached hydrogens (tertiary/aromatic N) is 1. The molecule has 1 heterocycles. The van der Waals surface area contributed by atoms with Crippen molar-refractivity contribution in [1.82, 2.24) is 5.32 Å². The topological polar surface area (TPSA) is 49.4 Å². The first kappa shape index (κ1) is 15.4. The van der Waals surface area contributed by atoms with Gasteiger partial charge in [0, 0.05) is 0 Å². The lowest BCUT2D eigenvalue weighted by Gasteiger charge is -2.15. The van der Waals surface area contributed by atoms with Crippen LogP contribution in [0.4, 0.5) is 10.1 Å². The van der Waals surface area contributed by atoms with Crippen molar-refractivity contribution in [2.45, 2.75) is 18.9 Å². The number of rotatable bonds is 5. The molecule has 1 saturated heterocycles. The van der Waals surface area contributed by atoms with E-state index in [0.717, 1.165) is 5.56 Å². The number of anilines is 1. The normalized spacial score (nSPS) is 17.8. The van der Waals surface area contributed by atoms with Gasteiger partial charge in [0.25, 0.3) is 5.91 Å². The Kier molecular flexibility index (Phi) is 4.48. The van der Waals surface area contributed by atoms with Crippen molar-refractivity contribution in [3.8, 4) is 0 Å². The molecule has 1 atom stereocenters. The average molecular weight is 312 g/mol. The number of imide groups is 1. The maximum Gasteiger partial charge on any atom is 0.251 e. The van der Waals surface area contributed by atoms with Crippen molar-refractivity contribution in [2.24, 2.45) is 0 Å². The second-order valence-electron chi connectivity index (χ2n) is 5.49. The zero-order chi connectivity index (χ0) is 16.2. The summed E-state index contributed by atoms with van der Waals surface area (Å²) in [5.41, 5.74) is 1.58. The maximum absolute atomic E-state index is 12.8. The Bertz CT molecular complexity index is 701. The number of benzene rings is 2. The van der Waals surface area contributed by atoms with Crippen molar-refractivity contribution in [3.63, 3.8) is 0 Å². The smallest absolute Gasteiger partial charge is 0.251 e. The lowest BCUT2D eigenvalue weighted by molar-refractivity contribution is -0.121. The molecular weight excluding hydrogens is 295 g/mol. The second-order valence-corrected chi connectivity index (χ2v) is 5.49. The molecule has 1 fully saturated rings. The van der Waals surface area contributed by atoms with Gasteiger partial charge in [-0.1, -0.05) is 30.3 Å². The van der Waals surface area contributed by atoms with Gasteiger partial charge in [0.1, 0.15) is 5.82 Å². The third-order valence-corrected chi connectivity index (χ3v) is 3.88.